The van der Waals surface area contributed by atoms with Gasteiger partial charge in [0.05, 0.1) is 48.4 Å². The molecule has 16 aromatic rings. The third-order valence-corrected chi connectivity index (χ3v) is 18.9. The minimum Gasteiger partial charge on any atom is -0.423 e. The SMILES string of the molecule is Brc1cccc(-c2cccc3c2sc2ccccc23)c1.[C-]#[N+]c1cc(-c2cccc(-c3cccc4c3sc3ccccc34)c2)cc(-n2c3ccccc3c3cc([N+]#[C-])ccc32)c1.[C-]#[N+]c1cc(B(O)O)cc(-n2c3ccccc3c3cc([N+]#[C-])ccc32)c1. The summed E-state index contributed by atoms with van der Waals surface area (Å²) in [5, 5.41) is 28.5. The number of aromatic nitrogens is 2. The van der Waals surface area contributed by atoms with Gasteiger partial charge in [-0.1, -0.05) is 174 Å². The number of nitrogens with zero attached hydrogens (tertiary/aromatic N) is 6. The van der Waals surface area contributed by atoms with Crippen molar-refractivity contribution in [3.63, 3.8) is 0 Å². The minimum absolute atomic E-state index is 0.261. The van der Waals surface area contributed by atoms with E-state index >= 15 is 0 Å². The molecule has 88 heavy (non-hydrogen) atoms. The van der Waals surface area contributed by atoms with Gasteiger partial charge in [0.1, 0.15) is 0 Å². The summed E-state index contributed by atoms with van der Waals surface area (Å²) in [5.74, 6) is 0. The van der Waals surface area contributed by atoms with E-state index in [1.165, 1.54) is 63.1 Å². The predicted molar refractivity (Wildman–Crippen MR) is 373 cm³/mol. The van der Waals surface area contributed by atoms with E-state index in [2.05, 4.69) is 192 Å². The summed E-state index contributed by atoms with van der Waals surface area (Å²) in [7, 11) is -1.66. The molecule has 0 atom stereocenters. The van der Waals surface area contributed by atoms with Crippen LogP contribution in [0.1, 0.15) is 0 Å². The first-order chi connectivity index (χ1) is 43.2. The van der Waals surface area contributed by atoms with Crippen LogP contribution in [0.5, 0.6) is 0 Å². The maximum absolute atomic E-state index is 9.57. The fourth-order valence-electron chi connectivity index (χ4n) is 12.0. The Morgan fingerprint density at radius 2 is 0.761 bits per heavy atom. The Morgan fingerprint density at radius 3 is 1.28 bits per heavy atom. The number of halogens is 1. The normalized spacial score (nSPS) is 11.1. The maximum atomic E-state index is 9.57. The zero-order valence-electron chi connectivity index (χ0n) is 46.6. The van der Waals surface area contributed by atoms with Crippen LogP contribution in [-0.4, -0.2) is 26.3 Å². The van der Waals surface area contributed by atoms with Gasteiger partial charge in [0, 0.05) is 67.0 Å². The van der Waals surface area contributed by atoms with Crippen LogP contribution in [0.3, 0.4) is 0 Å². The molecule has 4 heterocycles. The highest BCUT2D eigenvalue weighted by atomic mass is 79.9. The minimum atomic E-state index is -1.66. The van der Waals surface area contributed by atoms with Gasteiger partial charge in [-0.25, -0.2) is 19.4 Å². The molecule has 2 N–H and O–H groups in total. The van der Waals surface area contributed by atoms with Crippen LogP contribution in [0.2, 0.25) is 0 Å². The number of hydrogen-bond donors (Lipinski definition) is 2. The monoisotopic (exact) mass is 1230 g/mol. The van der Waals surface area contributed by atoms with Crippen LogP contribution in [-0.2, 0) is 0 Å². The van der Waals surface area contributed by atoms with Gasteiger partial charge in [-0.2, -0.15) is 0 Å². The Kier molecular flexibility index (Phi) is 14.5. The molecule has 0 spiro atoms. The summed E-state index contributed by atoms with van der Waals surface area (Å²) in [5.41, 5.74) is 14.8. The van der Waals surface area contributed by atoms with Crippen molar-refractivity contribution < 1.29 is 10.0 Å². The Morgan fingerprint density at radius 1 is 0.330 bits per heavy atom. The van der Waals surface area contributed by atoms with Gasteiger partial charge >= 0.3 is 7.12 Å². The molecule has 0 radical (unpaired) electrons. The van der Waals surface area contributed by atoms with Gasteiger partial charge in [-0.05, 0) is 147 Å². The second-order valence-electron chi connectivity index (χ2n) is 21.1. The van der Waals surface area contributed by atoms with E-state index in [-0.39, 0.29) is 5.46 Å². The molecule has 0 saturated heterocycles. The molecule has 0 fully saturated rings. The van der Waals surface area contributed by atoms with E-state index in [1.54, 1.807) is 18.2 Å². The zero-order valence-corrected chi connectivity index (χ0v) is 49.8. The summed E-state index contributed by atoms with van der Waals surface area (Å²) < 4.78 is 10.6. The Balaban J connectivity index is 0.000000126. The molecule has 8 nitrogen and oxygen atoms in total. The molecule has 12 heteroatoms. The first-order valence-corrected chi connectivity index (χ1v) is 30.5. The van der Waals surface area contributed by atoms with Crippen LogP contribution in [0, 0.1) is 26.3 Å². The molecule has 0 aliphatic heterocycles. The van der Waals surface area contributed by atoms with Crippen molar-refractivity contribution in [3.8, 4) is 44.8 Å². The lowest BCUT2D eigenvalue weighted by molar-refractivity contribution is 0.426. The summed E-state index contributed by atoms with van der Waals surface area (Å²) >= 11 is 7.27. The molecule has 412 valence electrons. The lowest BCUT2D eigenvalue weighted by Gasteiger charge is -2.13. The van der Waals surface area contributed by atoms with Crippen molar-refractivity contribution in [2.75, 3.05) is 0 Å². The average Bonchev–Trinajstić information content (AvgIpc) is 2.25. The molecular formula is C76H44BBrN6O2S2. The second-order valence-corrected chi connectivity index (χ2v) is 24.1. The molecular weight excluding hydrogens is 1180 g/mol. The molecule has 12 aromatic carbocycles. The van der Waals surface area contributed by atoms with E-state index in [4.69, 9.17) is 26.3 Å². The molecule has 0 amide bonds. The first-order valence-electron chi connectivity index (χ1n) is 28.1. The van der Waals surface area contributed by atoms with Crippen molar-refractivity contribution in [1.29, 1.82) is 0 Å². The molecule has 0 unspecified atom stereocenters. The van der Waals surface area contributed by atoms with Gasteiger partial charge in [-0.15, -0.1) is 22.7 Å². The second kappa shape index (κ2) is 23.2. The zero-order chi connectivity index (χ0) is 60.0. The van der Waals surface area contributed by atoms with E-state index in [9.17, 15) is 10.0 Å². The van der Waals surface area contributed by atoms with Crippen molar-refractivity contribution >= 4 is 158 Å². The number of fused-ring (bicyclic) bond motifs is 12. The number of benzene rings is 12. The fraction of sp³-hybridized carbons (Fsp3) is 0. The number of rotatable bonds is 6. The van der Waals surface area contributed by atoms with Gasteiger partial charge < -0.3 is 19.2 Å². The van der Waals surface area contributed by atoms with Crippen molar-refractivity contribution in [2.45, 2.75) is 0 Å². The third-order valence-electron chi connectivity index (χ3n) is 15.9. The van der Waals surface area contributed by atoms with Crippen LogP contribution in [0.25, 0.3) is 148 Å². The van der Waals surface area contributed by atoms with E-state index in [1.807, 2.05) is 106 Å². The highest BCUT2D eigenvalue weighted by molar-refractivity contribution is 9.10. The summed E-state index contributed by atoms with van der Waals surface area (Å²) in [6.45, 7) is 30.0. The van der Waals surface area contributed by atoms with Gasteiger partial charge in [0.25, 0.3) is 0 Å². The van der Waals surface area contributed by atoms with Crippen molar-refractivity contribution in [3.05, 3.63) is 305 Å². The largest absolute Gasteiger partial charge is 0.487 e. The smallest absolute Gasteiger partial charge is 0.423 e. The third kappa shape index (κ3) is 10.00. The standard InChI is InChI=1S/C38H21N3S.C20H12BN3O2.C18H11BrS/c1-39-27-17-18-36-34(23-27)31-11-3-5-15-35(31)41(36)29-21-26(20-28(22-29)40-2)24-9-7-10-25(19-24)30-13-8-14-33-32-12-4-6-16-37(32)42-38(30)33;1-22-14-7-8-20-18(12-14)17-5-3-4-6-19(17)24(20)16-10-13(21(25)26)9-15(11-16)23-2;19-13-6-3-5-12(11-13)14-8-4-9-16-15-7-1-2-10-17(15)20-18(14)16/h3-23H;3-12,25-26H;1-11H. The quantitative estimate of drug-likeness (QED) is 0.129. The molecule has 0 saturated carbocycles. The van der Waals surface area contributed by atoms with E-state index < -0.39 is 7.12 Å². The van der Waals surface area contributed by atoms with E-state index in [0.717, 1.165) is 70.5 Å². The number of thiophene rings is 2. The summed E-state index contributed by atoms with van der Waals surface area (Å²) in [6, 6.07) is 85.8. The lowest BCUT2D eigenvalue weighted by atomic mass is 9.80. The molecule has 16 rings (SSSR count). The molecule has 4 aromatic heterocycles. The fourth-order valence-corrected chi connectivity index (χ4v) is 14.9. The summed E-state index contributed by atoms with van der Waals surface area (Å²) in [4.78, 5) is 14.5. The van der Waals surface area contributed by atoms with Gasteiger partial charge in [-0.3, -0.25) is 0 Å². The summed E-state index contributed by atoms with van der Waals surface area (Å²) in [6.07, 6.45) is 0. The maximum Gasteiger partial charge on any atom is 0.487 e. The molecule has 0 bridgehead atoms. The number of para-hydroxylation sites is 2. The topological polar surface area (TPSA) is 67.8 Å². The predicted octanol–water partition coefficient (Wildman–Crippen LogP) is 21.6. The lowest BCUT2D eigenvalue weighted by Crippen LogP contribution is -2.30. The van der Waals surface area contributed by atoms with Gasteiger partial charge in [0.2, 0.25) is 0 Å². The Labute approximate surface area is 523 Å². The van der Waals surface area contributed by atoms with Crippen LogP contribution >= 0.6 is 38.6 Å². The van der Waals surface area contributed by atoms with Crippen LogP contribution in [0.4, 0.5) is 22.7 Å². The average molecular weight is 1230 g/mol. The van der Waals surface area contributed by atoms with Crippen LogP contribution in [0.15, 0.2) is 259 Å². The highest BCUT2D eigenvalue weighted by Gasteiger charge is 2.20. The number of hydrogen-bond acceptors (Lipinski definition) is 4. The van der Waals surface area contributed by atoms with Crippen molar-refractivity contribution in [1.82, 2.24) is 9.13 Å². The van der Waals surface area contributed by atoms with Gasteiger partial charge in [0.15, 0.2) is 22.7 Å². The first kappa shape index (κ1) is 55.0. The molecule has 0 aliphatic carbocycles. The highest BCUT2D eigenvalue weighted by Crippen LogP contribution is 2.44. The Bertz CT molecular complexity index is 5670. The van der Waals surface area contributed by atoms with E-state index in [0.29, 0.717) is 28.4 Å². The Hall–Kier alpha value is -10.9. The molecule has 0 aliphatic rings. The van der Waals surface area contributed by atoms with Crippen molar-refractivity contribution in [2.24, 2.45) is 0 Å². The van der Waals surface area contributed by atoms with Crippen LogP contribution < -0.4 is 5.46 Å².